The van der Waals surface area contributed by atoms with Gasteiger partial charge in [-0.15, -0.1) is 6.58 Å². The number of carbonyl (C=O) groups is 1. The Balaban J connectivity index is 2.44. The molecule has 0 aliphatic rings. The fraction of sp³-hybridized carbons (Fsp3) is 0.308. The molecule has 1 rings (SSSR count). The first-order chi connectivity index (χ1) is 8.17. The molecule has 1 atom stereocenters. The average Bonchev–Trinajstić information content (AvgIpc) is 2.36. The Morgan fingerprint density at radius 3 is 2.65 bits per heavy atom. The first kappa shape index (κ1) is 13.3. The number of benzene rings is 1. The third-order valence-electron chi connectivity index (χ3n) is 2.26. The van der Waals surface area contributed by atoms with E-state index in [1.54, 1.807) is 13.2 Å². The van der Waals surface area contributed by atoms with Crippen LogP contribution >= 0.6 is 0 Å². The zero-order chi connectivity index (χ0) is 12.7. The van der Waals surface area contributed by atoms with Crippen molar-refractivity contribution in [3.63, 3.8) is 0 Å². The number of esters is 1. The lowest BCUT2D eigenvalue weighted by atomic mass is 10.2. The molecule has 92 valence electrons. The van der Waals surface area contributed by atoms with E-state index in [9.17, 15) is 4.79 Å². The Labute approximate surface area is 101 Å². The molecule has 0 aliphatic carbocycles. The SMILES string of the molecule is C=CCC(N)C(=O)OCc1ccc(OC)cc1. The first-order valence-corrected chi connectivity index (χ1v) is 5.33. The largest absolute Gasteiger partial charge is 0.497 e. The zero-order valence-corrected chi connectivity index (χ0v) is 9.89. The summed E-state index contributed by atoms with van der Waals surface area (Å²) in [6.45, 7) is 3.73. The number of hydrogen-bond acceptors (Lipinski definition) is 4. The Morgan fingerprint density at radius 2 is 2.12 bits per heavy atom. The summed E-state index contributed by atoms with van der Waals surface area (Å²) < 4.78 is 10.1. The lowest BCUT2D eigenvalue weighted by Crippen LogP contribution is -2.31. The van der Waals surface area contributed by atoms with Crippen LogP contribution in [0.1, 0.15) is 12.0 Å². The Morgan fingerprint density at radius 1 is 1.47 bits per heavy atom. The van der Waals surface area contributed by atoms with Gasteiger partial charge in [0, 0.05) is 0 Å². The molecule has 4 nitrogen and oxygen atoms in total. The van der Waals surface area contributed by atoms with E-state index in [4.69, 9.17) is 15.2 Å². The van der Waals surface area contributed by atoms with Crippen molar-refractivity contribution in [2.75, 3.05) is 7.11 Å². The number of carbonyl (C=O) groups excluding carboxylic acids is 1. The number of nitrogens with two attached hydrogens (primary N) is 1. The van der Waals surface area contributed by atoms with Crippen LogP contribution in [0.3, 0.4) is 0 Å². The molecule has 0 saturated heterocycles. The minimum atomic E-state index is -0.634. The van der Waals surface area contributed by atoms with Crippen LogP contribution in [0, 0.1) is 0 Å². The Bertz CT molecular complexity index is 373. The van der Waals surface area contributed by atoms with Gasteiger partial charge in [0.15, 0.2) is 0 Å². The summed E-state index contributed by atoms with van der Waals surface area (Å²) in [6.07, 6.45) is 2.01. The van der Waals surface area contributed by atoms with Crippen LogP contribution in [0.2, 0.25) is 0 Å². The minimum Gasteiger partial charge on any atom is -0.497 e. The van der Waals surface area contributed by atoms with Crippen molar-refractivity contribution in [2.24, 2.45) is 5.73 Å². The first-order valence-electron chi connectivity index (χ1n) is 5.33. The van der Waals surface area contributed by atoms with Crippen LogP contribution in [0.4, 0.5) is 0 Å². The third-order valence-corrected chi connectivity index (χ3v) is 2.26. The molecule has 0 amide bonds. The second kappa shape index (κ2) is 6.70. The van der Waals surface area contributed by atoms with Crippen molar-refractivity contribution < 1.29 is 14.3 Å². The smallest absolute Gasteiger partial charge is 0.323 e. The summed E-state index contributed by atoms with van der Waals surface area (Å²) in [5.41, 5.74) is 6.47. The van der Waals surface area contributed by atoms with Crippen molar-refractivity contribution in [2.45, 2.75) is 19.1 Å². The molecule has 1 unspecified atom stereocenters. The highest BCUT2D eigenvalue weighted by Gasteiger charge is 2.12. The number of hydrogen-bond donors (Lipinski definition) is 1. The molecule has 0 spiro atoms. The van der Waals surface area contributed by atoms with Gasteiger partial charge in [-0.1, -0.05) is 18.2 Å². The Hall–Kier alpha value is -1.81. The van der Waals surface area contributed by atoms with Crippen LogP contribution in [-0.4, -0.2) is 19.1 Å². The lowest BCUT2D eigenvalue weighted by Gasteiger charge is -2.09. The van der Waals surface area contributed by atoms with E-state index in [2.05, 4.69) is 6.58 Å². The van der Waals surface area contributed by atoms with E-state index in [0.717, 1.165) is 11.3 Å². The summed E-state index contributed by atoms with van der Waals surface area (Å²) in [4.78, 5) is 11.4. The van der Waals surface area contributed by atoms with Gasteiger partial charge in [0.1, 0.15) is 18.4 Å². The van der Waals surface area contributed by atoms with Gasteiger partial charge in [0.05, 0.1) is 7.11 Å². The lowest BCUT2D eigenvalue weighted by molar-refractivity contribution is -0.146. The summed E-state index contributed by atoms with van der Waals surface area (Å²) in [6, 6.07) is 6.67. The maximum Gasteiger partial charge on any atom is 0.323 e. The Kier molecular flexibility index (Phi) is 5.23. The van der Waals surface area contributed by atoms with Gasteiger partial charge in [-0.2, -0.15) is 0 Å². The molecule has 0 aliphatic heterocycles. The fourth-order valence-electron chi connectivity index (χ4n) is 1.26. The van der Waals surface area contributed by atoms with Crippen molar-refractivity contribution in [1.82, 2.24) is 0 Å². The van der Waals surface area contributed by atoms with E-state index in [1.807, 2.05) is 24.3 Å². The normalized spacial score (nSPS) is 11.6. The van der Waals surface area contributed by atoms with Crippen LogP contribution in [0.25, 0.3) is 0 Å². The molecule has 4 heteroatoms. The van der Waals surface area contributed by atoms with Crippen molar-refractivity contribution in [1.29, 1.82) is 0 Å². The highest BCUT2D eigenvalue weighted by molar-refractivity contribution is 5.75. The van der Waals surface area contributed by atoms with E-state index in [1.165, 1.54) is 0 Å². The summed E-state index contributed by atoms with van der Waals surface area (Å²) >= 11 is 0. The van der Waals surface area contributed by atoms with Crippen molar-refractivity contribution >= 4 is 5.97 Å². The summed E-state index contributed by atoms with van der Waals surface area (Å²) in [5.74, 6) is 0.351. The third kappa shape index (κ3) is 4.28. The summed E-state index contributed by atoms with van der Waals surface area (Å²) in [7, 11) is 1.60. The fourth-order valence-corrected chi connectivity index (χ4v) is 1.26. The van der Waals surface area contributed by atoms with Gasteiger partial charge in [-0.3, -0.25) is 4.79 Å². The molecule has 0 saturated carbocycles. The monoisotopic (exact) mass is 235 g/mol. The molecule has 0 radical (unpaired) electrons. The quantitative estimate of drug-likeness (QED) is 0.601. The van der Waals surface area contributed by atoms with E-state index in [0.29, 0.717) is 6.42 Å². The average molecular weight is 235 g/mol. The van der Waals surface area contributed by atoms with E-state index >= 15 is 0 Å². The predicted octanol–water partition coefficient (Wildman–Crippen LogP) is 1.64. The van der Waals surface area contributed by atoms with Crippen LogP contribution < -0.4 is 10.5 Å². The highest BCUT2D eigenvalue weighted by Crippen LogP contribution is 2.12. The van der Waals surface area contributed by atoms with Crippen LogP contribution in [0.5, 0.6) is 5.75 Å². The maximum atomic E-state index is 11.4. The number of rotatable bonds is 6. The van der Waals surface area contributed by atoms with Crippen molar-refractivity contribution in [3.8, 4) is 5.75 Å². The highest BCUT2D eigenvalue weighted by atomic mass is 16.5. The molecule has 2 N–H and O–H groups in total. The molecular formula is C13H17NO3. The molecule has 1 aromatic carbocycles. The second-order valence-electron chi connectivity index (χ2n) is 3.59. The van der Waals surface area contributed by atoms with E-state index < -0.39 is 12.0 Å². The zero-order valence-electron chi connectivity index (χ0n) is 9.89. The standard InChI is InChI=1S/C13H17NO3/c1-3-4-12(14)13(15)17-9-10-5-7-11(16-2)8-6-10/h3,5-8,12H,1,4,9,14H2,2H3. The van der Waals surface area contributed by atoms with Crippen LogP contribution in [0.15, 0.2) is 36.9 Å². The molecule has 0 fully saturated rings. The molecule has 0 heterocycles. The van der Waals surface area contributed by atoms with Crippen molar-refractivity contribution in [3.05, 3.63) is 42.5 Å². The van der Waals surface area contributed by atoms with Gasteiger partial charge >= 0.3 is 5.97 Å². The predicted molar refractivity (Wildman–Crippen MR) is 65.6 cm³/mol. The summed E-state index contributed by atoms with van der Waals surface area (Å²) in [5, 5.41) is 0. The van der Waals surface area contributed by atoms with Gasteiger partial charge in [0.2, 0.25) is 0 Å². The van der Waals surface area contributed by atoms with E-state index in [-0.39, 0.29) is 6.61 Å². The molecular weight excluding hydrogens is 218 g/mol. The second-order valence-corrected chi connectivity index (χ2v) is 3.59. The van der Waals surface area contributed by atoms with Gasteiger partial charge in [-0.05, 0) is 24.1 Å². The molecule has 1 aromatic rings. The molecule has 0 bridgehead atoms. The minimum absolute atomic E-state index is 0.216. The topological polar surface area (TPSA) is 61.6 Å². The molecule has 0 aromatic heterocycles. The van der Waals surface area contributed by atoms with Gasteiger partial charge in [0.25, 0.3) is 0 Å². The maximum absolute atomic E-state index is 11.4. The van der Waals surface area contributed by atoms with Gasteiger partial charge in [-0.25, -0.2) is 0 Å². The number of methoxy groups -OCH3 is 1. The van der Waals surface area contributed by atoms with Crippen LogP contribution in [-0.2, 0) is 16.1 Å². The number of ether oxygens (including phenoxy) is 2. The van der Waals surface area contributed by atoms with Gasteiger partial charge < -0.3 is 15.2 Å². The molecule has 17 heavy (non-hydrogen) atoms.